The lowest BCUT2D eigenvalue weighted by Gasteiger charge is -2.47. The average Bonchev–Trinajstić information content (AvgIpc) is 3.30. The minimum absolute atomic E-state index is 0.0204. The van der Waals surface area contributed by atoms with Crippen LogP contribution in [0.25, 0.3) is 0 Å². The van der Waals surface area contributed by atoms with Crippen LogP contribution in [-0.4, -0.2) is 78.2 Å². The second kappa shape index (κ2) is 6.62. The molecule has 4 saturated heterocycles. The van der Waals surface area contributed by atoms with E-state index in [1.807, 2.05) is 11.1 Å². The van der Waals surface area contributed by atoms with E-state index >= 15 is 0 Å². The quantitative estimate of drug-likeness (QED) is 0.830. The van der Waals surface area contributed by atoms with Crippen molar-refractivity contribution in [1.82, 2.24) is 14.8 Å². The van der Waals surface area contributed by atoms with Crippen molar-refractivity contribution in [2.45, 2.75) is 30.8 Å². The summed E-state index contributed by atoms with van der Waals surface area (Å²) < 4.78 is 5.88. The number of hydrogen-bond donors (Lipinski definition) is 1. The van der Waals surface area contributed by atoms with Gasteiger partial charge in [0, 0.05) is 44.9 Å². The molecule has 28 heavy (non-hydrogen) atoms. The van der Waals surface area contributed by atoms with Gasteiger partial charge in [-0.1, -0.05) is 6.07 Å². The molecule has 150 valence electrons. The van der Waals surface area contributed by atoms with Crippen molar-refractivity contribution >= 4 is 17.8 Å². The molecule has 4 aliphatic rings. The first-order valence-electron chi connectivity index (χ1n) is 10.2. The van der Waals surface area contributed by atoms with Gasteiger partial charge >= 0.3 is 6.03 Å². The highest BCUT2D eigenvalue weighted by Gasteiger charge is 2.47. The maximum Gasteiger partial charge on any atom is 0.320 e. The molecule has 0 bridgehead atoms. The molecule has 8 nitrogen and oxygen atoms in total. The molecule has 0 aromatic carbocycles. The second-order valence-corrected chi connectivity index (χ2v) is 8.66. The lowest BCUT2D eigenvalue weighted by atomic mass is 9.90. The van der Waals surface area contributed by atoms with Gasteiger partial charge in [0.2, 0.25) is 5.91 Å². The zero-order chi connectivity index (χ0) is 19.3. The Bertz CT molecular complexity index is 763. The van der Waals surface area contributed by atoms with Gasteiger partial charge in [0.05, 0.1) is 19.0 Å². The Morgan fingerprint density at radius 3 is 2.61 bits per heavy atom. The van der Waals surface area contributed by atoms with E-state index in [0.717, 1.165) is 38.4 Å². The molecule has 3 amide bonds. The smallest absolute Gasteiger partial charge is 0.320 e. The third-order valence-corrected chi connectivity index (χ3v) is 6.72. The van der Waals surface area contributed by atoms with Crippen molar-refractivity contribution in [3.05, 3.63) is 23.9 Å². The van der Waals surface area contributed by atoms with Crippen molar-refractivity contribution in [2.24, 2.45) is 11.7 Å². The molecule has 2 N–H and O–H groups in total. The van der Waals surface area contributed by atoms with Crippen molar-refractivity contribution in [1.29, 1.82) is 0 Å². The van der Waals surface area contributed by atoms with Gasteiger partial charge in [-0.15, -0.1) is 0 Å². The fourth-order valence-electron chi connectivity index (χ4n) is 4.85. The second-order valence-electron chi connectivity index (χ2n) is 8.66. The highest BCUT2D eigenvalue weighted by Crippen LogP contribution is 2.37. The van der Waals surface area contributed by atoms with E-state index in [9.17, 15) is 9.59 Å². The van der Waals surface area contributed by atoms with Crippen LogP contribution in [0, 0.1) is 5.92 Å². The summed E-state index contributed by atoms with van der Waals surface area (Å²) in [6, 6.07) is 4.24. The van der Waals surface area contributed by atoms with Gasteiger partial charge in [-0.05, 0) is 30.9 Å². The van der Waals surface area contributed by atoms with E-state index in [1.54, 1.807) is 4.90 Å². The number of likely N-dealkylation sites (tertiary alicyclic amines) is 2. The number of aromatic nitrogens is 1. The van der Waals surface area contributed by atoms with Crippen molar-refractivity contribution in [2.75, 3.05) is 50.8 Å². The van der Waals surface area contributed by atoms with Gasteiger partial charge in [0.25, 0.3) is 0 Å². The van der Waals surface area contributed by atoms with E-state index in [-0.39, 0.29) is 23.5 Å². The number of carbonyl (C=O) groups excluding carboxylic acids is 2. The predicted molar refractivity (Wildman–Crippen MR) is 103 cm³/mol. The molecule has 1 aromatic heterocycles. The van der Waals surface area contributed by atoms with E-state index in [4.69, 9.17) is 10.5 Å². The fourth-order valence-corrected chi connectivity index (χ4v) is 4.85. The van der Waals surface area contributed by atoms with E-state index < -0.39 is 0 Å². The number of anilines is 1. The number of pyridine rings is 1. The van der Waals surface area contributed by atoms with Gasteiger partial charge in [-0.25, -0.2) is 9.78 Å². The molecule has 0 unspecified atom stereocenters. The van der Waals surface area contributed by atoms with Crippen LogP contribution in [0.3, 0.4) is 0 Å². The molecule has 4 fully saturated rings. The van der Waals surface area contributed by atoms with Crippen LogP contribution >= 0.6 is 0 Å². The Balaban J connectivity index is 1.12. The van der Waals surface area contributed by atoms with Crippen LogP contribution in [0.5, 0.6) is 0 Å². The lowest BCUT2D eigenvalue weighted by Crippen LogP contribution is -2.61. The molecule has 1 atom stereocenters. The number of carbonyl (C=O) groups is 2. The Morgan fingerprint density at radius 2 is 2.00 bits per heavy atom. The summed E-state index contributed by atoms with van der Waals surface area (Å²) in [6.07, 6.45) is 4.94. The molecular formula is C20H27N5O3. The summed E-state index contributed by atoms with van der Waals surface area (Å²) in [5.41, 5.74) is 6.61. The van der Waals surface area contributed by atoms with E-state index in [1.165, 1.54) is 5.56 Å². The number of nitrogens with zero attached hydrogens (tertiary/aromatic N) is 4. The van der Waals surface area contributed by atoms with E-state index in [2.05, 4.69) is 22.0 Å². The van der Waals surface area contributed by atoms with Crippen LogP contribution in [0.1, 0.15) is 30.7 Å². The summed E-state index contributed by atoms with van der Waals surface area (Å²) in [6.45, 7) is 5.24. The summed E-state index contributed by atoms with van der Waals surface area (Å²) in [4.78, 5) is 34.3. The monoisotopic (exact) mass is 385 g/mol. The molecule has 8 heteroatoms. The number of urea groups is 1. The first kappa shape index (κ1) is 17.7. The largest absolute Gasteiger partial charge is 0.371 e. The van der Waals surface area contributed by atoms with Gasteiger partial charge in [-0.2, -0.15) is 0 Å². The van der Waals surface area contributed by atoms with Gasteiger partial charge in [0.15, 0.2) is 0 Å². The third-order valence-electron chi connectivity index (χ3n) is 6.72. The molecule has 1 aromatic rings. The molecule has 5 rings (SSSR count). The molecule has 0 aliphatic carbocycles. The maximum atomic E-state index is 12.6. The summed E-state index contributed by atoms with van der Waals surface area (Å²) >= 11 is 0. The van der Waals surface area contributed by atoms with Gasteiger partial charge in [0.1, 0.15) is 11.4 Å². The molecule has 4 aliphatic heterocycles. The summed E-state index contributed by atoms with van der Waals surface area (Å²) in [7, 11) is 0. The number of amides is 3. The first-order valence-corrected chi connectivity index (χ1v) is 10.2. The Morgan fingerprint density at radius 1 is 1.18 bits per heavy atom. The first-order chi connectivity index (χ1) is 13.5. The molecule has 5 heterocycles. The minimum atomic E-state index is -0.310. The van der Waals surface area contributed by atoms with Gasteiger partial charge < -0.3 is 25.2 Å². The number of ether oxygens (including phenoxy) is 1. The number of hydrogen-bond acceptors (Lipinski definition) is 5. The van der Waals surface area contributed by atoms with Crippen LogP contribution in [0.2, 0.25) is 0 Å². The molecule has 0 saturated carbocycles. The fraction of sp³-hybridized carbons (Fsp3) is 0.650. The topological polar surface area (TPSA) is 92.0 Å². The molecular weight excluding hydrogens is 358 g/mol. The highest BCUT2D eigenvalue weighted by atomic mass is 16.5. The summed E-state index contributed by atoms with van der Waals surface area (Å²) in [5, 5.41) is 0. The van der Waals surface area contributed by atoms with E-state index in [0.29, 0.717) is 38.5 Å². The molecule has 1 spiro atoms. The normalized spacial score (nSPS) is 26.4. The van der Waals surface area contributed by atoms with Crippen LogP contribution in [0.15, 0.2) is 18.3 Å². The Kier molecular flexibility index (Phi) is 4.19. The number of primary amides is 1. The minimum Gasteiger partial charge on any atom is -0.371 e. The standard InChI is InChI=1S/C20H27N5O3/c21-18(26)15-4-6-23(9-15)19(27)24-10-16(11-24)14-2-3-17(22-8-14)25-12-20(13-25)5-1-7-28-20/h2-3,8,15-16H,1,4-7,9-13H2,(H2,21,26)/t15-/m0/s1. The van der Waals surface area contributed by atoms with Crippen LogP contribution in [-0.2, 0) is 9.53 Å². The average molecular weight is 385 g/mol. The predicted octanol–water partition coefficient (Wildman–Crippen LogP) is 0.777. The van der Waals surface area contributed by atoms with Crippen molar-refractivity contribution in [3.63, 3.8) is 0 Å². The molecule has 0 radical (unpaired) electrons. The highest BCUT2D eigenvalue weighted by molar-refractivity contribution is 5.80. The zero-order valence-corrected chi connectivity index (χ0v) is 16.0. The Hall–Kier alpha value is -2.35. The van der Waals surface area contributed by atoms with Crippen molar-refractivity contribution < 1.29 is 14.3 Å². The maximum absolute atomic E-state index is 12.6. The third kappa shape index (κ3) is 2.99. The van der Waals surface area contributed by atoms with Crippen LogP contribution < -0.4 is 10.6 Å². The van der Waals surface area contributed by atoms with Crippen molar-refractivity contribution in [3.8, 4) is 0 Å². The summed E-state index contributed by atoms with van der Waals surface area (Å²) in [5.74, 6) is 0.830. The van der Waals surface area contributed by atoms with Gasteiger partial charge in [-0.3, -0.25) is 4.79 Å². The number of nitrogens with two attached hydrogens (primary N) is 1. The SMILES string of the molecule is NC(=O)[C@H]1CCN(C(=O)N2CC(c3ccc(N4CC5(CCCO5)C4)nc3)C2)C1. The zero-order valence-electron chi connectivity index (χ0n) is 16.0. The lowest BCUT2D eigenvalue weighted by molar-refractivity contribution is -0.121. The number of rotatable bonds is 3. The Labute approximate surface area is 164 Å². The van der Waals surface area contributed by atoms with Crippen LogP contribution in [0.4, 0.5) is 10.6 Å².